The molecule has 0 saturated carbocycles. The maximum atomic E-state index is 5.79. The van der Waals surface area contributed by atoms with E-state index in [9.17, 15) is 0 Å². The third-order valence-electron chi connectivity index (χ3n) is 2.58. The van der Waals surface area contributed by atoms with Crippen LogP contribution in [0.5, 0.6) is 0 Å². The van der Waals surface area contributed by atoms with Gasteiger partial charge in [-0.3, -0.25) is 0 Å². The molecule has 0 aliphatic carbocycles. The van der Waals surface area contributed by atoms with Gasteiger partial charge in [-0.15, -0.1) is 13.2 Å². The highest BCUT2D eigenvalue weighted by Crippen LogP contribution is 2.25. The summed E-state index contributed by atoms with van der Waals surface area (Å²) in [5.74, 6) is 0. The lowest BCUT2D eigenvalue weighted by Gasteiger charge is -2.18. The van der Waals surface area contributed by atoms with Gasteiger partial charge in [-0.05, 0) is 30.9 Å². The van der Waals surface area contributed by atoms with Gasteiger partial charge in [-0.2, -0.15) is 0 Å². The number of hydrogen-bond acceptors (Lipinski definition) is 1. The first kappa shape index (κ1) is 12.7. The van der Waals surface area contributed by atoms with Crippen LogP contribution < -0.4 is 0 Å². The summed E-state index contributed by atoms with van der Waals surface area (Å²) >= 11 is 0. The van der Waals surface area contributed by atoms with Gasteiger partial charge in [0.2, 0.25) is 0 Å². The van der Waals surface area contributed by atoms with Crippen molar-refractivity contribution in [3.05, 3.63) is 60.7 Å². The lowest BCUT2D eigenvalue weighted by Crippen LogP contribution is -2.06. The smallest absolute Gasteiger partial charge is 0.0834 e. The lowest BCUT2D eigenvalue weighted by molar-refractivity contribution is 0.0679. The number of benzene rings is 1. The summed E-state index contributed by atoms with van der Waals surface area (Å²) in [5.41, 5.74) is 2.55. The topological polar surface area (TPSA) is 9.23 Å². The summed E-state index contributed by atoms with van der Waals surface area (Å²) in [5, 5.41) is 0. The van der Waals surface area contributed by atoms with Crippen molar-refractivity contribution in [3.8, 4) is 0 Å². The minimum atomic E-state index is 0.150. The van der Waals surface area contributed by atoms with E-state index in [1.807, 2.05) is 6.08 Å². The van der Waals surface area contributed by atoms with Crippen LogP contribution in [0.4, 0.5) is 0 Å². The normalized spacial score (nSPS) is 12.1. The van der Waals surface area contributed by atoms with Crippen LogP contribution in [-0.4, -0.2) is 6.61 Å². The Balaban J connectivity index is 2.77. The predicted molar refractivity (Wildman–Crippen MR) is 69.5 cm³/mol. The predicted octanol–water partition coefficient (Wildman–Crippen LogP) is 4.20. The molecule has 0 radical (unpaired) electrons. The van der Waals surface area contributed by atoms with E-state index in [1.165, 1.54) is 11.1 Å². The molecule has 0 N–H and O–H groups in total. The van der Waals surface area contributed by atoms with E-state index in [2.05, 4.69) is 44.3 Å². The molecule has 1 unspecified atom stereocenters. The Morgan fingerprint density at radius 3 is 2.62 bits per heavy atom. The van der Waals surface area contributed by atoms with Gasteiger partial charge < -0.3 is 4.74 Å². The molecule has 1 aromatic rings. The summed E-state index contributed by atoms with van der Waals surface area (Å²) < 4.78 is 5.79. The Bertz CT molecular complexity index is 329. The third kappa shape index (κ3) is 3.67. The van der Waals surface area contributed by atoms with E-state index < -0.39 is 0 Å². The Kier molecular flexibility index (Phi) is 5.58. The molecule has 0 aliphatic rings. The largest absolute Gasteiger partial charge is 0.369 e. The van der Waals surface area contributed by atoms with E-state index in [-0.39, 0.29) is 6.10 Å². The summed E-state index contributed by atoms with van der Waals surface area (Å²) in [6.07, 6.45) is 5.82. The van der Waals surface area contributed by atoms with Crippen molar-refractivity contribution in [2.24, 2.45) is 0 Å². The highest BCUT2D eigenvalue weighted by Gasteiger charge is 2.12. The molecule has 0 bridgehead atoms. The number of rotatable bonds is 7. The molecule has 16 heavy (non-hydrogen) atoms. The van der Waals surface area contributed by atoms with Crippen LogP contribution in [0.1, 0.15) is 30.1 Å². The van der Waals surface area contributed by atoms with Crippen molar-refractivity contribution >= 4 is 0 Å². The fourth-order valence-corrected chi connectivity index (χ4v) is 1.73. The monoisotopic (exact) mass is 216 g/mol. The van der Waals surface area contributed by atoms with Crippen molar-refractivity contribution in [1.29, 1.82) is 0 Å². The average molecular weight is 216 g/mol. The van der Waals surface area contributed by atoms with Gasteiger partial charge in [0.1, 0.15) is 0 Å². The van der Waals surface area contributed by atoms with Crippen molar-refractivity contribution in [3.63, 3.8) is 0 Å². The molecule has 1 rings (SSSR count). The quantitative estimate of drug-likeness (QED) is 0.620. The van der Waals surface area contributed by atoms with Crippen molar-refractivity contribution < 1.29 is 4.74 Å². The number of ether oxygens (including phenoxy) is 1. The summed E-state index contributed by atoms with van der Waals surface area (Å²) in [6.45, 7) is 10.1. The zero-order valence-corrected chi connectivity index (χ0v) is 9.99. The molecule has 0 aromatic heterocycles. The maximum absolute atomic E-state index is 5.79. The van der Waals surface area contributed by atoms with Crippen LogP contribution in [0, 0.1) is 6.92 Å². The zero-order chi connectivity index (χ0) is 11.8. The molecule has 0 saturated heterocycles. The van der Waals surface area contributed by atoms with Gasteiger partial charge in [-0.25, -0.2) is 0 Å². The fraction of sp³-hybridized carbons (Fsp3) is 0.333. The molecule has 0 fully saturated rings. The van der Waals surface area contributed by atoms with Crippen LogP contribution >= 0.6 is 0 Å². The van der Waals surface area contributed by atoms with Gasteiger partial charge in [0.15, 0.2) is 0 Å². The Labute approximate surface area is 98.5 Å². The second-order valence-electron chi connectivity index (χ2n) is 3.83. The molecule has 1 aromatic carbocycles. The maximum Gasteiger partial charge on any atom is 0.0834 e. The van der Waals surface area contributed by atoms with Crippen LogP contribution in [0.15, 0.2) is 49.6 Å². The van der Waals surface area contributed by atoms with Crippen LogP contribution in [-0.2, 0) is 4.74 Å². The van der Waals surface area contributed by atoms with Gasteiger partial charge >= 0.3 is 0 Å². The molecule has 0 amide bonds. The molecule has 0 aliphatic heterocycles. The zero-order valence-electron chi connectivity index (χ0n) is 9.99. The van der Waals surface area contributed by atoms with E-state index in [4.69, 9.17) is 4.74 Å². The highest BCUT2D eigenvalue weighted by atomic mass is 16.5. The molecule has 0 heterocycles. The molecule has 1 atom stereocenters. The fourth-order valence-electron chi connectivity index (χ4n) is 1.73. The van der Waals surface area contributed by atoms with Crippen LogP contribution in [0.3, 0.4) is 0 Å². The van der Waals surface area contributed by atoms with Gasteiger partial charge in [0.05, 0.1) is 12.7 Å². The molecule has 0 spiro atoms. The number of hydrogen-bond donors (Lipinski definition) is 0. The van der Waals surface area contributed by atoms with Gasteiger partial charge in [0, 0.05) is 0 Å². The lowest BCUT2D eigenvalue weighted by atomic mass is 10.00. The molecular weight excluding hydrogens is 196 g/mol. The molecular formula is C15H20O. The standard InChI is InChI=1S/C15H20O/c1-4-6-11-15(16-12-5-2)14-10-8-7-9-13(14)3/h4-5,7-10,15H,1-2,6,11-12H2,3H3. The highest BCUT2D eigenvalue weighted by molar-refractivity contribution is 5.27. The van der Waals surface area contributed by atoms with Crippen molar-refractivity contribution in [2.75, 3.05) is 6.61 Å². The average Bonchev–Trinajstić information content (AvgIpc) is 2.31. The third-order valence-corrected chi connectivity index (χ3v) is 2.58. The minimum Gasteiger partial charge on any atom is -0.369 e. The number of aryl methyl sites for hydroxylation is 1. The van der Waals surface area contributed by atoms with E-state index in [0.29, 0.717) is 6.61 Å². The second kappa shape index (κ2) is 7.02. The minimum absolute atomic E-state index is 0.150. The Morgan fingerprint density at radius 1 is 1.25 bits per heavy atom. The summed E-state index contributed by atoms with van der Waals surface area (Å²) in [6, 6.07) is 8.36. The van der Waals surface area contributed by atoms with E-state index in [0.717, 1.165) is 12.8 Å². The van der Waals surface area contributed by atoms with Crippen molar-refractivity contribution in [2.45, 2.75) is 25.9 Å². The van der Waals surface area contributed by atoms with E-state index >= 15 is 0 Å². The Morgan fingerprint density at radius 2 is 2.00 bits per heavy atom. The Hall–Kier alpha value is -1.34. The van der Waals surface area contributed by atoms with Crippen molar-refractivity contribution in [1.82, 2.24) is 0 Å². The summed E-state index contributed by atoms with van der Waals surface area (Å²) in [4.78, 5) is 0. The first-order valence-electron chi connectivity index (χ1n) is 5.68. The molecule has 1 heteroatoms. The summed E-state index contributed by atoms with van der Waals surface area (Å²) in [7, 11) is 0. The second-order valence-corrected chi connectivity index (χ2v) is 3.83. The first-order chi connectivity index (χ1) is 7.79. The van der Waals surface area contributed by atoms with Gasteiger partial charge in [0.25, 0.3) is 0 Å². The van der Waals surface area contributed by atoms with E-state index in [1.54, 1.807) is 6.08 Å². The van der Waals surface area contributed by atoms with Gasteiger partial charge in [-0.1, -0.05) is 36.4 Å². The molecule has 86 valence electrons. The van der Waals surface area contributed by atoms with Crippen LogP contribution in [0.2, 0.25) is 0 Å². The first-order valence-corrected chi connectivity index (χ1v) is 5.68. The SMILES string of the molecule is C=CCCC(OCC=C)c1ccccc1C. The molecule has 1 nitrogen and oxygen atoms in total. The number of allylic oxidation sites excluding steroid dienone is 1. The van der Waals surface area contributed by atoms with Crippen LogP contribution in [0.25, 0.3) is 0 Å².